The Labute approximate surface area is 198 Å². The zero-order chi connectivity index (χ0) is 24.8. The molecule has 2 amide bonds. The SMILES string of the molecule is COc1ccc(C=NNC(=O)CCCCCCC(=O)NN=Cc2ccc(OC)c(O)c2)cc1O. The van der Waals surface area contributed by atoms with Crippen molar-refractivity contribution in [2.24, 2.45) is 10.2 Å². The minimum Gasteiger partial charge on any atom is -0.504 e. The lowest BCUT2D eigenvalue weighted by Gasteiger charge is -2.04. The van der Waals surface area contributed by atoms with E-state index < -0.39 is 0 Å². The standard InChI is InChI=1S/C24H30N4O6/c1-33-21-11-9-17(13-19(21)29)15-25-27-23(31)7-5-3-4-6-8-24(32)28-26-16-18-10-12-22(34-2)20(30)14-18/h9-16,29-30H,3-8H2,1-2H3,(H,27,31)(H,28,32). The van der Waals surface area contributed by atoms with Crippen molar-refractivity contribution in [2.75, 3.05) is 14.2 Å². The van der Waals surface area contributed by atoms with Crippen LogP contribution in [0.5, 0.6) is 23.0 Å². The fourth-order valence-corrected chi connectivity index (χ4v) is 2.97. The first kappa shape index (κ1) is 26.2. The Hall–Kier alpha value is -4.08. The Morgan fingerprint density at radius 1 is 0.765 bits per heavy atom. The topological polar surface area (TPSA) is 142 Å². The number of benzene rings is 2. The average molecular weight is 471 g/mol. The molecule has 0 fully saturated rings. The highest BCUT2D eigenvalue weighted by Crippen LogP contribution is 2.26. The second-order valence-corrected chi connectivity index (χ2v) is 7.36. The molecule has 0 aromatic heterocycles. The zero-order valence-corrected chi connectivity index (χ0v) is 19.3. The van der Waals surface area contributed by atoms with Gasteiger partial charge in [-0.15, -0.1) is 0 Å². The van der Waals surface area contributed by atoms with E-state index in [1.807, 2.05) is 0 Å². The molecule has 0 heterocycles. The number of phenolic OH excluding ortho intramolecular Hbond substituents is 2. The maximum atomic E-state index is 11.8. The quantitative estimate of drug-likeness (QED) is 0.201. The van der Waals surface area contributed by atoms with Gasteiger partial charge in [0.05, 0.1) is 26.6 Å². The molecule has 34 heavy (non-hydrogen) atoms. The van der Waals surface area contributed by atoms with Gasteiger partial charge in [-0.1, -0.05) is 12.8 Å². The van der Waals surface area contributed by atoms with Crippen molar-refractivity contribution >= 4 is 24.2 Å². The molecule has 0 atom stereocenters. The molecular formula is C24H30N4O6. The molecule has 0 aliphatic rings. The van der Waals surface area contributed by atoms with Gasteiger partial charge in [-0.2, -0.15) is 10.2 Å². The smallest absolute Gasteiger partial charge is 0.240 e. The number of amides is 2. The van der Waals surface area contributed by atoms with Crippen LogP contribution in [0.4, 0.5) is 0 Å². The number of hydrogen-bond acceptors (Lipinski definition) is 8. The number of carbonyl (C=O) groups is 2. The second-order valence-electron chi connectivity index (χ2n) is 7.36. The number of rotatable bonds is 13. The fraction of sp³-hybridized carbons (Fsp3) is 0.333. The molecule has 2 aromatic carbocycles. The van der Waals surface area contributed by atoms with Crippen molar-refractivity contribution in [1.29, 1.82) is 0 Å². The van der Waals surface area contributed by atoms with Crippen LogP contribution in [0.15, 0.2) is 46.6 Å². The number of aromatic hydroxyl groups is 2. The van der Waals surface area contributed by atoms with Crippen molar-refractivity contribution in [3.63, 3.8) is 0 Å². The molecule has 0 bridgehead atoms. The minimum absolute atomic E-state index is 0.00390. The summed E-state index contributed by atoms with van der Waals surface area (Å²) >= 11 is 0. The van der Waals surface area contributed by atoms with Crippen LogP contribution in [0.2, 0.25) is 0 Å². The summed E-state index contributed by atoms with van der Waals surface area (Å²) in [5.74, 6) is 0.310. The molecule has 2 rings (SSSR count). The molecular weight excluding hydrogens is 440 g/mol. The van der Waals surface area contributed by atoms with E-state index in [1.54, 1.807) is 24.3 Å². The lowest BCUT2D eigenvalue weighted by atomic mass is 10.1. The minimum atomic E-state index is -0.203. The number of ether oxygens (including phenoxy) is 2. The van der Waals surface area contributed by atoms with Gasteiger partial charge < -0.3 is 19.7 Å². The number of unbranched alkanes of at least 4 members (excludes halogenated alkanes) is 3. The molecule has 0 saturated carbocycles. The summed E-state index contributed by atoms with van der Waals surface area (Å²) in [5, 5.41) is 27.2. The molecule has 0 aliphatic carbocycles. The van der Waals surface area contributed by atoms with Gasteiger partial charge in [0.2, 0.25) is 11.8 Å². The molecule has 182 valence electrons. The number of hydrogen-bond donors (Lipinski definition) is 4. The van der Waals surface area contributed by atoms with Crippen molar-refractivity contribution in [3.05, 3.63) is 47.5 Å². The molecule has 0 aliphatic heterocycles. The van der Waals surface area contributed by atoms with E-state index in [-0.39, 0.29) is 23.3 Å². The van der Waals surface area contributed by atoms with Gasteiger partial charge in [-0.05, 0) is 60.4 Å². The highest BCUT2D eigenvalue weighted by Gasteiger charge is 2.04. The fourth-order valence-electron chi connectivity index (χ4n) is 2.97. The van der Waals surface area contributed by atoms with Crippen LogP contribution in [0, 0.1) is 0 Å². The third kappa shape index (κ3) is 9.19. The van der Waals surface area contributed by atoms with Crippen molar-refractivity contribution in [2.45, 2.75) is 38.5 Å². The lowest BCUT2D eigenvalue weighted by molar-refractivity contribution is -0.122. The third-order valence-electron chi connectivity index (χ3n) is 4.77. The predicted octanol–water partition coefficient (Wildman–Crippen LogP) is 3.06. The van der Waals surface area contributed by atoms with E-state index in [2.05, 4.69) is 21.1 Å². The Kier molecular flexibility index (Phi) is 10.9. The second kappa shape index (κ2) is 14.1. The van der Waals surface area contributed by atoms with E-state index in [0.717, 1.165) is 12.8 Å². The normalized spacial score (nSPS) is 11.0. The maximum absolute atomic E-state index is 11.8. The van der Waals surface area contributed by atoms with Gasteiger partial charge in [0.25, 0.3) is 0 Å². The van der Waals surface area contributed by atoms with Gasteiger partial charge >= 0.3 is 0 Å². The monoisotopic (exact) mass is 470 g/mol. The van der Waals surface area contributed by atoms with Crippen LogP contribution in [-0.2, 0) is 9.59 Å². The summed E-state index contributed by atoms with van der Waals surface area (Å²) in [6.45, 7) is 0. The number of hydrazone groups is 2. The number of phenols is 2. The first-order chi connectivity index (χ1) is 16.4. The summed E-state index contributed by atoms with van der Waals surface area (Å²) in [6, 6.07) is 9.61. The van der Waals surface area contributed by atoms with Gasteiger partial charge in [0, 0.05) is 12.8 Å². The van der Waals surface area contributed by atoms with Crippen LogP contribution >= 0.6 is 0 Å². The molecule has 0 saturated heterocycles. The molecule has 10 heteroatoms. The number of carbonyl (C=O) groups excluding carboxylic acids is 2. The lowest BCUT2D eigenvalue weighted by Crippen LogP contribution is -2.17. The Morgan fingerprint density at radius 2 is 1.18 bits per heavy atom. The van der Waals surface area contributed by atoms with E-state index in [1.165, 1.54) is 38.8 Å². The van der Waals surface area contributed by atoms with E-state index in [4.69, 9.17) is 9.47 Å². The van der Waals surface area contributed by atoms with Crippen LogP contribution < -0.4 is 20.3 Å². The van der Waals surface area contributed by atoms with E-state index >= 15 is 0 Å². The highest BCUT2D eigenvalue weighted by molar-refractivity contribution is 5.84. The number of nitrogens with zero attached hydrogens (tertiary/aromatic N) is 2. The Morgan fingerprint density at radius 3 is 1.53 bits per heavy atom. The zero-order valence-electron chi connectivity index (χ0n) is 19.3. The molecule has 0 radical (unpaired) electrons. The summed E-state index contributed by atoms with van der Waals surface area (Å²) in [5.41, 5.74) is 6.16. The van der Waals surface area contributed by atoms with Gasteiger partial charge in [-0.25, -0.2) is 10.9 Å². The molecule has 10 nitrogen and oxygen atoms in total. The third-order valence-corrected chi connectivity index (χ3v) is 4.77. The molecule has 4 N–H and O–H groups in total. The predicted molar refractivity (Wildman–Crippen MR) is 128 cm³/mol. The summed E-state index contributed by atoms with van der Waals surface area (Å²) in [7, 11) is 2.93. The van der Waals surface area contributed by atoms with Crippen LogP contribution in [0.1, 0.15) is 49.7 Å². The van der Waals surface area contributed by atoms with Crippen LogP contribution in [0.3, 0.4) is 0 Å². The van der Waals surface area contributed by atoms with Crippen LogP contribution in [-0.4, -0.2) is 48.7 Å². The first-order valence-corrected chi connectivity index (χ1v) is 10.8. The molecule has 0 unspecified atom stereocenters. The maximum Gasteiger partial charge on any atom is 0.240 e. The Bertz CT molecular complexity index is 941. The van der Waals surface area contributed by atoms with Gasteiger partial charge in [0.15, 0.2) is 23.0 Å². The van der Waals surface area contributed by atoms with Gasteiger partial charge in [-0.3, -0.25) is 9.59 Å². The van der Waals surface area contributed by atoms with Crippen molar-refractivity contribution < 1.29 is 29.3 Å². The van der Waals surface area contributed by atoms with Crippen molar-refractivity contribution in [1.82, 2.24) is 10.9 Å². The molecule has 0 spiro atoms. The van der Waals surface area contributed by atoms with E-state index in [9.17, 15) is 19.8 Å². The first-order valence-electron chi connectivity index (χ1n) is 10.8. The molecule has 2 aromatic rings. The van der Waals surface area contributed by atoms with Gasteiger partial charge in [0.1, 0.15) is 0 Å². The summed E-state index contributed by atoms with van der Waals surface area (Å²) in [4.78, 5) is 23.7. The summed E-state index contributed by atoms with van der Waals surface area (Å²) < 4.78 is 9.94. The highest BCUT2D eigenvalue weighted by atomic mass is 16.5. The van der Waals surface area contributed by atoms with Crippen LogP contribution in [0.25, 0.3) is 0 Å². The number of nitrogens with one attached hydrogen (secondary N) is 2. The number of methoxy groups -OCH3 is 2. The van der Waals surface area contributed by atoms with E-state index in [0.29, 0.717) is 48.3 Å². The largest absolute Gasteiger partial charge is 0.504 e. The summed E-state index contributed by atoms with van der Waals surface area (Å²) in [6.07, 6.45) is 6.53. The Balaban J connectivity index is 1.55. The van der Waals surface area contributed by atoms with Crippen molar-refractivity contribution in [3.8, 4) is 23.0 Å². The average Bonchev–Trinajstić information content (AvgIpc) is 2.81.